The average Bonchev–Trinajstić information content (AvgIpc) is 3.28. The van der Waals surface area contributed by atoms with E-state index >= 15 is 0 Å². The van der Waals surface area contributed by atoms with Gasteiger partial charge in [-0.1, -0.05) is 18.6 Å². The van der Waals surface area contributed by atoms with Crippen molar-refractivity contribution in [3.63, 3.8) is 0 Å². The Morgan fingerprint density at radius 1 is 1.03 bits per heavy atom. The Morgan fingerprint density at radius 3 is 2.65 bits per heavy atom. The molecular weight excluding hydrogens is 388 g/mol. The van der Waals surface area contributed by atoms with Crippen molar-refractivity contribution in [3.05, 3.63) is 35.4 Å². The molecule has 3 aliphatic rings. The molecule has 1 aliphatic carbocycles. The average molecular weight is 423 g/mol. The quantitative estimate of drug-likeness (QED) is 0.536. The first-order valence-electron chi connectivity index (χ1n) is 11.9. The molecule has 0 unspecified atom stereocenters. The highest BCUT2D eigenvalue weighted by Crippen LogP contribution is 2.37. The summed E-state index contributed by atoms with van der Waals surface area (Å²) >= 11 is 0. The maximum atomic E-state index is 5.60. The minimum Gasteiger partial charge on any atom is -0.454 e. The van der Waals surface area contributed by atoms with Crippen LogP contribution >= 0.6 is 0 Å². The number of ether oxygens (including phenoxy) is 2. The number of pyridine rings is 1. The van der Waals surface area contributed by atoms with Gasteiger partial charge in [-0.05, 0) is 57.3 Å². The van der Waals surface area contributed by atoms with Crippen LogP contribution in [-0.4, -0.2) is 55.9 Å². The van der Waals surface area contributed by atoms with Gasteiger partial charge in [-0.2, -0.15) is 0 Å². The summed E-state index contributed by atoms with van der Waals surface area (Å²) in [4.78, 5) is 10.1. The Labute approximate surface area is 185 Å². The van der Waals surface area contributed by atoms with Crippen molar-refractivity contribution < 1.29 is 9.47 Å². The number of nitrogens with zero attached hydrogens (tertiary/aromatic N) is 3. The van der Waals surface area contributed by atoms with E-state index in [1.54, 1.807) is 5.57 Å². The van der Waals surface area contributed by atoms with Crippen LogP contribution < -0.4 is 19.7 Å². The number of allylic oxidation sites excluding steroid dienone is 1. The molecular formula is C25H34N4O2. The molecule has 0 radical (unpaired) electrons. The molecule has 6 nitrogen and oxygen atoms in total. The first kappa shape index (κ1) is 20.6. The predicted octanol–water partition coefficient (Wildman–Crippen LogP) is 4.09. The molecule has 2 aliphatic heterocycles. The Kier molecular flexibility index (Phi) is 6.27. The van der Waals surface area contributed by atoms with Crippen molar-refractivity contribution in [1.82, 2.24) is 15.2 Å². The molecule has 0 amide bonds. The number of hydrogen-bond donors (Lipinski definition) is 1. The molecule has 3 heterocycles. The molecule has 2 aromatic rings. The number of likely N-dealkylation sites (N-methyl/N-ethyl adjacent to an activating group) is 1. The molecule has 166 valence electrons. The fraction of sp³-hybridized carbons (Fsp3) is 0.560. The third kappa shape index (κ3) is 4.65. The number of piperazine rings is 1. The third-order valence-corrected chi connectivity index (χ3v) is 6.81. The van der Waals surface area contributed by atoms with Crippen LogP contribution in [0.2, 0.25) is 0 Å². The van der Waals surface area contributed by atoms with Crippen LogP contribution in [-0.2, 0) is 6.54 Å². The summed E-state index contributed by atoms with van der Waals surface area (Å²) in [5.41, 5.74) is 3.88. The SMILES string of the molecule is CCN1CCN(c2nc3cc4c(cc3cc2CNCCC2=CCCCC2)OCO4)CC1. The van der Waals surface area contributed by atoms with E-state index in [1.165, 1.54) is 31.2 Å². The molecule has 5 rings (SSSR count). The number of fused-ring (bicyclic) bond motifs is 2. The molecule has 0 saturated carbocycles. The molecule has 31 heavy (non-hydrogen) atoms. The lowest BCUT2D eigenvalue weighted by Gasteiger charge is -2.35. The van der Waals surface area contributed by atoms with Crippen LogP contribution in [0.5, 0.6) is 11.5 Å². The standard InChI is InChI=1S/C25H34N4O2/c1-2-28-10-12-29(13-11-28)25-21(17-26-9-8-19-6-4-3-5-7-19)14-20-15-23-24(31-18-30-23)16-22(20)27-25/h6,14-16,26H,2-5,7-13,17-18H2,1H3. The second-order valence-electron chi connectivity index (χ2n) is 8.83. The van der Waals surface area contributed by atoms with Gasteiger partial charge in [0.2, 0.25) is 6.79 Å². The van der Waals surface area contributed by atoms with E-state index in [9.17, 15) is 0 Å². The monoisotopic (exact) mass is 422 g/mol. The maximum Gasteiger partial charge on any atom is 0.231 e. The number of nitrogens with one attached hydrogen (secondary N) is 1. The molecule has 0 bridgehead atoms. The highest BCUT2D eigenvalue weighted by molar-refractivity contribution is 5.85. The van der Waals surface area contributed by atoms with Gasteiger partial charge in [0.05, 0.1) is 5.52 Å². The maximum absolute atomic E-state index is 5.60. The van der Waals surface area contributed by atoms with Gasteiger partial charge >= 0.3 is 0 Å². The Hall–Kier alpha value is -2.31. The van der Waals surface area contributed by atoms with E-state index in [-0.39, 0.29) is 0 Å². The number of aromatic nitrogens is 1. The fourth-order valence-electron chi connectivity index (χ4n) is 4.88. The number of rotatable bonds is 7. The minimum absolute atomic E-state index is 0.293. The summed E-state index contributed by atoms with van der Waals surface area (Å²) in [5.74, 6) is 2.74. The van der Waals surface area contributed by atoms with Crippen molar-refractivity contribution in [2.75, 3.05) is 51.0 Å². The van der Waals surface area contributed by atoms with E-state index < -0.39 is 0 Å². The van der Waals surface area contributed by atoms with Gasteiger partial charge in [0.15, 0.2) is 11.5 Å². The summed E-state index contributed by atoms with van der Waals surface area (Å²) in [6, 6.07) is 6.38. The summed E-state index contributed by atoms with van der Waals surface area (Å²) in [5, 5.41) is 4.81. The van der Waals surface area contributed by atoms with E-state index in [4.69, 9.17) is 14.5 Å². The summed E-state index contributed by atoms with van der Waals surface area (Å²) in [7, 11) is 0. The second kappa shape index (κ2) is 9.45. The van der Waals surface area contributed by atoms with Crippen molar-refractivity contribution in [1.29, 1.82) is 0 Å². The molecule has 6 heteroatoms. The van der Waals surface area contributed by atoms with Crippen LogP contribution in [0.1, 0.15) is 44.6 Å². The van der Waals surface area contributed by atoms with Crippen molar-refractivity contribution in [2.45, 2.75) is 45.6 Å². The van der Waals surface area contributed by atoms with E-state index in [2.05, 4.69) is 40.2 Å². The van der Waals surface area contributed by atoms with E-state index in [1.807, 2.05) is 6.07 Å². The van der Waals surface area contributed by atoms with Gasteiger partial charge in [-0.25, -0.2) is 4.98 Å². The van der Waals surface area contributed by atoms with Gasteiger partial charge in [-0.15, -0.1) is 0 Å². The van der Waals surface area contributed by atoms with E-state index in [0.717, 1.165) is 80.5 Å². The van der Waals surface area contributed by atoms with Gasteiger partial charge in [0.1, 0.15) is 5.82 Å². The molecule has 0 atom stereocenters. The van der Waals surface area contributed by atoms with Gasteiger partial charge in [0, 0.05) is 49.7 Å². The lowest BCUT2D eigenvalue weighted by molar-refractivity contribution is 0.174. The first-order chi connectivity index (χ1) is 15.3. The Balaban J connectivity index is 1.36. The smallest absolute Gasteiger partial charge is 0.231 e. The van der Waals surface area contributed by atoms with Gasteiger partial charge in [0.25, 0.3) is 0 Å². The number of benzene rings is 1. The van der Waals surface area contributed by atoms with E-state index in [0.29, 0.717) is 6.79 Å². The predicted molar refractivity (Wildman–Crippen MR) is 125 cm³/mol. The zero-order valence-corrected chi connectivity index (χ0v) is 18.7. The molecule has 1 aromatic carbocycles. The van der Waals surface area contributed by atoms with Crippen molar-refractivity contribution >= 4 is 16.7 Å². The molecule has 1 aromatic heterocycles. The van der Waals surface area contributed by atoms with Crippen molar-refractivity contribution in [2.24, 2.45) is 0 Å². The van der Waals surface area contributed by atoms with Crippen LogP contribution in [0.25, 0.3) is 10.9 Å². The van der Waals surface area contributed by atoms with Crippen LogP contribution in [0.15, 0.2) is 29.8 Å². The lowest BCUT2D eigenvalue weighted by atomic mass is 9.97. The van der Waals surface area contributed by atoms with Crippen LogP contribution in [0.3, 0.4) is 0 Å². The highest BCUT2D eigenvalue weighted by atomic mass is 16.7. The minimum atomic E-state index is 0.293. The summed E-state index contributed by atoms with van der Waals surface area (Å²) in [6.45, 7) is 9.75. The fourth-order valence-corrected chi connectivity index (χ4v) is 4.88. The Bertz CT molecular complexity index is 950. The molecule has 1 fully saturated rings. The first-order valence-corrected chi connectivity index (χ1v) is 11.9. The molecule has 1 saturated heterocycles. The summed E-state index contributed by atoms with van der Waals surface area (Å²) in [6.07, 6.45) is 8.85. The zero-order valence-electron chi connectivity index (χ0n) is 18.7. The van der Waals surface area contributed by atoms with Crippen LogP contribution in [0.4, 0.5) is 5.82 Å². The lowest BCUT2D eigenvalue weighted by Crippen LogP contribution is -2.46. The van der Waals surface area contributed by atoms with Gasteiger partial charge in [-0.3, -0.25) is 0 Å². The number of anilines is 1. The highest BCUT2D eigenvalue weighted by Gasteiger charge is 2.22. The topological polar surface area (TPSA) is 49.9 Å². The number of hydrogen-bond acceptors (Lipinski definition) is 6. The largest absolute Gasteiger partial charge is 0.454 e. The third-order valence-electron chi connectivity index (χ3n) is 6.81. The summed E-state index contributed by atoms with van der Waals surface area (Å²) < 4.78 is 11.2. The second-order valence-corrected chi connectivity index (χ2v) is 8.83. The van der Waals surface area contributed by atoms with Crippen LogP contribution in [0, 0.1) is 0 Å². The normalized spacial score (nSPS) is 19.1. The molecule has 1 N–H and O–H groups in total. The van der Waals surface area contributed by atoms with Gasteiger partial charge < -0.3 is 24.6 Å². The van der Waals surface area contributed by atoms with Crippen molar-refractivity contribution in [3.8, 4) is 11.5 Å². The zero-order chi connectivity index (χ0) is 21.0. The Morgan fingerprint density at radius 2 is 1.87 bits per heavy atom. The molecule has 0 spiro atoms.